The highest BCUT2D eigenvalue weighted by Crippen LogP contribution is 2.18. The van der Waals surface area contributed by atoms with Gasteiger partial charge in [0.25, 0.3) is 5.70 Å². The van der Waals surface area contributed by atoms with Crippen LogP contribution in [-0.2, 0) is 0 Å². The maximum atomic E-state index is 12.7. The highest BCUT2D eigenvalue weighted by Gasteiger charge is 2.25. The number of allylic oxidation sites excluding steroid dienone is 3. The Hall–Kier alpha value is -3.40. The Kier molecular flexibility index (Phi) is 6.45. The molecule has 0 bridgehead atoms. The summed E-state index contributed by atoms with van der Waals surface area (Å²) < 4.78 is 1.04. The zero-order chi connectivity index (χ0) is 20.8. The summed E-state index contributed by atoms with van der Waals surface area (Å²) in [5.74, 6) is 0. The predicted molar refractivity (Wildman–Crippen MR) is 124 cm³/mol. The molecule has 4 nitrogen and oxygen atoms in total. The molecule has 0 N–H and O–H groups in total. The third kappa shape index (κ3) is 5.32. The molecule has 0 aromatic heterocycles. The molecule has 2 aromatic rings. The smallest absolute Gasteiger partial charge is 0.257 e. The van der Waals surface area contributed by atoms with Gasteiger partial charge in [-0.25, -0.2) is 0 Å². The molecule has 0 saturated carbocycles. The lowest BCUT2D eigenvalue weighted by Gasteiger charge is -2.12. The fraction of sp³-hybridized carbons (Fsp3) is 0.200. The molecule has 1 heterocycles. The van der Waals surface area contributed by atoms with Crippen molar-refractivity contribution in [3.63, 3.8) is 0 Å². The Bertz CT molecular complexity index is 962. The van der Waals surface area contributed by atoms with E-state index in [1.165, 1.54) is 0 Å². The fourth-order valence-corrected chi connectivity index (χ4v) is 3.02. The average Bonchev–Trinajstić information content (AvgIpc) is 2.72. The van der Waals surface area contributed by atoms with Crippen molar-refractivity contribution >= 4 is 23.5 Å². The number of nitroso groups, excluding NO2 is 1. The highest BCUT2D eigenvalue weighted by molar-refractivity contribution is 5.58. The minimum absolute atomic E-state index is 0.315. The maximum absolute atomic E-state index is 12.7. The lowest BCUT2D eigenvalue weighted by Crippen LogP contribution is -2.20. The summed E-state index contributed by atoms with van der Waals surface area (Å²) in [6, 6.07) is 16.2. The quantitative estimate of drug-likeness (QED) is 0.643. The number of hydrogen-bond acceptors (Lipinski definition) is 3. The van der Waals surface area contributed by atoms with E-state index in [-0.39, 0.29) is 6.04 Å². The molecule has 148 valence electrons. The van der Waals surface area contributed by atoms with Crippen molar-refractivity contribution in [1.29, 1.82) is 0 Å². The van der Waals surface area contributed by atoms with Crippen LogP contribution >= 0.6 is 0 Å². The van der Waals surface area contributed by atoms with E-state index in [1.807, 2.05) is 70.7 Å². The first-order chi connectivity index (χ1) is 13.9. The molecule has 2 aromatic carbocycles. The highest BCUT2D eigenvalue weighted by atomic mass is 16.3. The van der Waals surface area contributed by atoms with Crippen LogP contribution in [0.15, 0.2) is 84.6 Å². The van der Waals surface area contributed by atoms with Gasteiger partial charge < -0.3 is 9.80 Å². The molecule has 4 heteroatoms. The van der Waals surface area contributed by atoms with Crippen LogP contribution in [0.4, 0.5) is 11.4 Å². The molecular formula is C25H28N3O+. The fourth-order valence-electron chi connectivity index (χ4n) is 3.02. The van der Waals surface area contributed by atoms with Gasteiger partial charge in [0.2, 0.25) is 6.04 Å². The van der Waals surface area contributed by atoms with Crippen molar-refractivity contribution < 1.29 is 4.76 Å². The Balaban J connectivity index is 1.66. The summed E-state index contributed by atoms with van der Waals surface area (Å²) in [4.78, 5) is 16.9. The Labute approximate surface area is 173 Å². The zero-order valence-corrected chi connectivity index (χ0v) is 17.5. The first-order valence-corrected chi connectivity index (χ1v) is 9.70. The molecule has 0 fully saturated rings. The van der Waals surface area contributed by atoms with Crippen molar-refractivity contribution in [1.82, 2.24) is 0 Å². The van der Waals surface area contributed by atoms with Gasteiger partial charge in [0, 0.05) is 61.4 Å². The van der Waals surface area contributed by atoms with Gasteiger partial charge in [-0.15, -0.1) is 0 Å². The van der Waals surface area contributed by atoms with E-state index in [2.05, 4.69) is 58.3 Å². The number of rotatable bonds is 6. The predicted octanol–water partition coefficient (Wildman–Crippen LogP) is 5.15. The second-order valence-electron chi connectivity index (χ2n) is 7.46. The van der Waals surface area contributed by atoms with Gasteiger partial charge in [-0.2, -0.15) is 0 Å². The third-order valence-electron chi connectivity index (χ3n) is 4.85. The molecule has 1 aliphatic rings. The Morgan fingerprint density at radius 2 is 1.28 bits per heavy atom. The van der Waals surface area contributed by atoms with Crippen molar-refractivity contribution in [3.05, 3.63) is 101 Å². The van der Waals surface area contributed by atoms with E-state index in [9.17, 15) is 4.91 Å². The van der Waals surface area contributed by atoms with Gasteiger partial charge in [0.1, 0.15) is 0 Å². The first kappa shape index (κ1) is 20.3. The van der Waals surface area contributed by atoms with Gasteiger partial charge in [-0.05, 0) is 53.6 Å². The third-order valence-corrected chi connectivity index (χ3v) is 4.85. The topological polar surface area (TPSA) is 26.6 Å². The average molecular weight is 387 g/mol. The Morgan fingerprint density at radius 3 is 1.79 bits per heavy atom. The lowest BCUT2D eigenvalue weighted by molar-refractivity contribution is -0.511. The molecule has 3 rings (SSSR count). The molecule has 0 amide bonds. The molecule has 0 radical (unpaired) electrons. The SMILES string of the molecule is CN(C)c1ccc(/C=C/C2=CC=CC(/C=C/c3ccc(N(C)C)cc3)[N+]2=O)cc1. The van der Waals surface area contributed by atoms with Crippen LogP contribution in [0.5, 0.6) is 0 Å². The largest absolute Gasteiger partial charge is 0.378 e. The van der Waals surface area contributed by atoms with E-state index < -0.39 is 0 Å². The van der Waals surface area contributed by atoms with Crippen molar-refractivity contribution in [2.45, 2.75) is 6.04 Å². The monoisotopic (exact) mass is 386 g/mol. The molecule has 0 saturated heterocycles. The first-order valence-electron chi connectivity index (χ1n) is 9.70. The van der Waals surface area contributed by atoms with E-state index in [4.69, 9.17) is 0 Å². The summed E-state index contributed by atoms with van der Waals surface area (Å²) >= 11 is 0. The molecule has 0 aliphatic carbocycles. The Morgan fingerprint density at radius 1 is 0.759 bits per heavy atom. The van der Waals surface area contributed by atoms with Gasteiger partial charge in [-0.3, -0.25) is 0 Å². The summed E-state index contributed by atoms with van der Waals surface area (Å²) in [5.41, 5.74) is 5.08. The van der Waals surface area contributed by atoms with Gasteiger partial charge in [-0.1, -0.05) is 36.4 Å². The van der Waals surface area contributed by atoms with E-state index in [1.54, 1.807) is 0 Å². The second-order valence-corrected chi connectivity index (χ2v) is 7.46. The summed E-state index contributed by atoms with van der Waals surface area (Å²) in [7, 11) is 8.07. The summed E-state index contributed by atoms with van der Waals surface area (Å²) in [6.45, 7) is 0. The summed E-state index contributed by atoms with van der Waals surface area (Å²) in [5, 5.41) is 0. The molecule has 1 atom stereocenters. The van der Waals surface area contributed by atoms with Crippen LogP contribution in [-0.4, -0.2) is 39.0 Å². The van der Waals surface area contributed by atoms with Gasteiger partial charge in [0.15, 0.2) is 0 Å². The van der Waals surface area contributed by atoms with Crippen molar-refractivity contribution in [3.8, 4) is 0 Å². The van der Waals surface area contributed by atoms with Crippen LogP contribution in [0.1, 0.15) is 11.1 Å². The van der Waals surface area contributed by atoms with Crippen LogP contribution in [0.25, 0.3) is 12.2 Å². The van der Waals surface area contributed by atoms with Crippen LogP contribution in [0, 0.1) is 4.91 Å². The molecule has 1 unspecified atom stereocenters. The molecular weight excluding hydrogens is 358 g/mol. The van der Waals surface area contributed by atoms with Crippen LogP contribution < -0.4 is 9.80 Å². The minimum Gasteiger partial charge on any atom is -0.378 e. The number of nitrogens with zero attached hydrogens (tertiary/aromatic N) is 3. The van der Waals surface area contributed by atoms with Crippen LogP contribution in [0.3, 0.4) is 0 Å². The molecule has 29 heavy (non-hydrogen) atoms. The standard InChI is InChI=1S/C25H28N3O/c1-26(2)22-14-8-20(9-15-22)12-18-24-6-5-7-25(28(24)29)19-13-21-10-16-23(17-11-21)27(3)4/h5-19,24H,1-4H3/q+1/b18-12+,19-13+. The summed E-state index contributed by atoms with van der Waals surface area (Å²) in [6.07, 6.45) is 13.4. The molecule has 0 spiro atoms. The minimum atomic E-state index is -0.315. The van der Waals surface area contributed by atoms with E-state index >= 15 is 0 Å². The lowest BCUT2D eigenvalue weighted by atomic mass is 10.1. The number of hydrogen-bond donors (Lipinski definition) is 0. The van der Waals surface area contributed by atoms with E-state index in [0.717, 1.165) is 27.3 Å². The van der Waals surface area contributed by atoms with Crippen LogP contribution in [0.2, 0.25) is 0 Å². The van der Waals surface area contributed by atoms with Crippen molar-refractivity contribution in [2.75, 3.05) is 38.0 Å². The van der Waals surface area contributed by atoms with E-state index in [0.29, 0.717) is 5.70 Å². The normalized spacial score (nSPS) is 16.5. The van der Waals surface area contributed by atoms with Crippen molar-refractivity contribution in [2.24, 2.45) is 0 Å². The van der Waals surface area contributed by atoms with Gasteiger partial charge in [0.05, 0.1) is 0 Å². The second kappa shape index (κ2) is 9.20. The molecule has 1 aliphatic heterocycles. The number of benzene rings is 2. The maximum Gasteiger partial charge on any atom is 0.257 e. The zero-order valence-electron chi connectivity index (χ0n) is 17.5. The number of anilines is 2. The van der Waals surface area contributed by atoms with Gasteiger partial charge >= 0.3 is 0 Å².